The molecule has 0 saturated heterocycles. The molecular weight excluding hydrogens is 244 g/mol. The van der Waals surface area contributed by atoms with E-state index >= 15 is 0 Å². The minimum absolute atomic E-state index is 0.110. The molecule has 1 amide bonds. The summed E-state index contributed by atoms with van der Waals surface area (Å²) in [5.74, 6) is 0.999. The molecule has 0 saturated carbocycles. The lowest BCUT2D eigenvalue weighted by Crippen LogP contribution is -2.28. The third kappa shape index (κ3) is 5.19. The zero-order valence-electron chi connectivity index (χ0n) is 11.5. The summed E-state index contributed by atoms with van der Waals surface area (Å²) in [6.45, 7) is 7.62. The molecule has 18 heavy (non-hydrogen) atoms. The number of aryl methyl sites for hydroxylation is 1. The SMILES string of the molecule is Cc1ccsc1CNC(=O)CC(CN)CC(C)C. The predicted molar refractivity (Wildman–Crippen MR) is 77.5 cm³/mol. The molecule has 1 heterocycles. The van der Waals surface area contributed by atoms with Crippen molar-refractivity contribution >= 4 is 17.2 Å². The minimum Gasteiger partial charge on any atom is -0.351 e. The Morgan fingerprint density at radius 1 is 1.50 bits per heavy atom. The predicted octanol–water partition coefficient (Wildman–Crippen LogP) is 2.68. The first-order chi connectivity index (χ1) is 8.52. The fourth-order valence-corrected chi connectivity index (χ4v) is 2.87. The number of nitrogens with two attached hydrogens (primary N) is 1. The third-order valence-electron chi connectivity index (χ3n) is 3.03. The minimum atomic E-state index is 0.110. The lowest BCUT2D eigenvalue weighted by molar-refractivity contribution is -0.122. The molecule has 4 heteroatoms. The van der Waals surface area contributed by atoms with Gasteiger partial charge in [-0.2, -0.15) is 0 Å². The molecule has 0 bridgehead atoms. The highest BCUT2D eigenvalue weighted by molar-refractivity contribution is 7.10. The Morgan fingerprint density at radius 3 is 2.72 bits per heavy atom. The van der Waals surface area contributed by atoms with Gasteiger partial charge < -0.3 is 11.1 Å². The van der Waals surface area contributed by atoms with Crippen LogP contribution in [0, 0.1) is 18.8 Å². The van der Waals surface area contributed by atoms with E-state index in [1.165, 1.54) is 10.4 Å². The Balaban J connectivity index is 2.34. The van der Waals surface area contributed by atoms with E-state index in [2.05, 4.69) is 37.5 Å². The first-order valence-electron chi connectivity index (χ1n) is 6.52. The second-order valence-corrected chi connectivity index (χ2v) is 6.24. The molecule has 0 fully saturated rings. The first kappa shape index (κ1) is 15.2. The van der Waals surface area contributed by atoms with Crippen LogP contribution in [-0.4, -0.2) is 12.5 Å². The van der Waals surface area contributed by atoms with Crippen molar-refractivity contribution < 1.29 is 4.79 Å². The molecule has 0 aliphatic carbocycles. The van der Waals surface area contributed by atoms with Crippen molar-refractivity contribution in [1.82, 2.24) is 5.32 Å². The van der Waals surface area contributed by atoms with Crippen LogP contribution in [0.2, 0.25) is 0 Å². The smallest absolute Gasteiger partial charge is 0.220 e. The van der Waals surface area contributed by atoms with E-state index in [1.807, 2.05) is 0 Å². The highest BCUT2D eigenvalue weighted by Crippen LogP contribution is 2.16. The Hall–Kier alpha value is -0.870. The second-order valence-electron chi connectivity index (χ2n) is 5.24. The molecular formula is C14H24N2OS. The highest BCUT2D eigenvalue weighted by Gasteiger charge is 2.14. The summed E-state index contributed by atoms with van der Waals surface area (Å²) in [4.78, 5) is 13.1. The van der Waals surface area contributed by atoms with Crippen molar-refractivity contribution in [1.29, 1.82) is 0 Å². The van der Waals surface area contributed by atoms with Crippen molar-refractivity contribution in [2.24, 2.45) is 17.6 Å². The molecule has 3 nitrogen and oxygen atoms in total. The lowest BCUT2D eigenvalue weighted by atomic mass is 9.94. The maximum absolute atomic E-state index is 11.8. The van der Waals surface area contributed by atoms with Gasteiger partial charge >= 0.3 is 0 Å². The topological polar surface area (TPSA) is 55.1 Å². The van der Waals surface area contributed by atoms with Crippen LogP contribution in [0.3, 0.4) is 0 Å². The van der Waals surface area contributed by atoms with Crippen LogP contribution in [0.15, 0.2) is 11.4 Å². The number of nitrogens with one attached hydrogen (secondary N) is 1. The molecule has 1 aromatic rings. The Bertz CT molecular complexity index is 374. The molecule has 0 aliphatic rings. The number of hydrogen-bond donors (Lipinski definition) is 2. The molecule has 1 atom stereocenters. The fraction of sp³-hybridized carbons (Fsp3) is 0.643. The summed E-state index contributed by atoms with van der Waals surface area (Å²) < 4.78 is 0. The van der Waals surface area contributed by atoms with Crippen molar-refractivity contribution in [2.45, 2.75) is 40.2 Å². The summed E-state index contributed by atoms with van der Waals surface area (Å²) >= 11 is 1.69. The van der Waals surface area contributed by atoms with Crippen LogP contribution in [0.4, 0.5) is 0 Å². The summed E-state index contributed by atoms with van der Waals surface area (Å²) in [5, 5.41) is 5.03. The van der Waals surface area contributed by atoms with Gasteiger partial charge in [0.2, 0.25) is 5.91 Å². The van der Waals surface area contributed by atoms with E-state index in [-0.39, 0.29) is 5.91 Å². The molecule has 3 N–H and O–H groups in total. The van der Waals surface area contributed by atoms with Crippen LogP contribution in [-0.2, 0) is 11.3 Å². The van der Waals surface area contributed by atoms with Crippen molar-refractivity contribution in [3.05, 3.63) is 21.9 Å². The summed E-state index contributed by atoms with van der Waals surface area (Å²) in [6.07, 6.45) is 1.56. The maximum atomic E-state index is 11.8. The van der Waals surface area contributed by atoms with Crippen LogP contribution in [0.1, 0.15) is 37.1 Å². The summed E-state index contributed by atoms with van der Waals surface area (Å²) in [5.41, 5.74) is 6.95. The van der Waals surface area contributed by atoms with Gasteiger partial charge in [-0.25, -0.2) is 0 Å². The van der Waals surface area contributed by atoms with Crippen molar-refractivity contribution in [3.63, 3.8) is 0 Å². The Morgan fingerprint density at radius 2 is 2.22 bits per heavy atom. The Labute approximate surface area is 114 Å². The van der Waals surface area contributed by atoms with Gasteiger partial charge in [-0.3, -0.25) is 4.79 Å². The quantitative estimate of drug-likeness (QED) is 0.799. The fourth-order valence-electron chi connectivity index (χ4n) is 2.03. The summed E-state index contributed by atoms with van der Waals surface area (Å²) in [6, 6.07) is 2.08. The van der Waals surface area contributed by atoms with Crippen LogP contribution >= 0.6 is 11.3 Å². The average Bonchev–Trinajstić information content (AvgIpc) is 2.70. The van der Waals surface area contributed by atoms with E-state index in [0.717, 1.165) is 6.42 Å². The van der Waals surface area contributed by atoms with Crippen LogP contribution in [0.5, 0.6) is 0 Å². The monoisotopic (exact) mass is 268 g/mol. The second kappa shape index (κ2) is 7.54. The lowest BCUT2D eigenvalue weighted by Gasteiger charge is -2.16. The van der Waals surface area contributed by atoms with Crippen molar-refractivity contribution in [3.8, 4) is 0 Å². The largest absolute Gasteiger partial charge is 0.351 e. The number of amides is 1. The molecule has 0 spiro atoms. The van der Waals surface area contributed by atoms with E-state index in [0.29, 0.717) is 31.3 Å². The number of carbonyl (C=O) groups is 1. The normalized spacial score (nSPS) is 12.7. The highest BCUT2D eigenvalue weighted by atomic mass is 32.1. The Kier molecular flexibility index (Phi) is 6.36. The van der Waals surface area contributed by atoms with Gasteiger partial charge in [0.1, 0.15) is 0 Å². The third-order valence-corrected chi connectivity index (χ3v) is 4.05. The van der Waals surface area contributed by atoms with Crippen molar-refractivity contribution in [2.75, 3.05) is 6.54 Å². The number of rotatable bonds is 7. The summed E-state index contributed by atoms with van der Waals surface area (Å²) in [7, 11) is 0. The van der Waals surface area contributed by atoms with Gasteiger partial charge in [0, 0.05) is 11.3 Å². The van der Waals surface area contributed by atoms with Gasteiger partial charge in [-0.15, -0.1) is 11.3 Å². The zero-order valence-corrected chi connectivity index (χ0v) is 12.3. The number of carbonyl (C=O) groups excluding carboxylic acids is 1. The molecule has 0 aromatic carbocycles. The van der Waals surface area contributed by atoms with Crippen LogP contribution in [0.25, 0.3) is 0 Å². The molecule has 0 aliphatic heterocycles. The van der Waals surface area contributed by atoms with E-state index in [4.69, 9.17) is 5.73 Å². The van der Waals surface area contributed by atoms with E-state index in [9.17, 15) is 4.79 Å². The van der Waals surface area contributed by atoms with Gasteiger partial charge in [0.05, 0.1) is 6.54 Å². The standard InChI is InChI=1S/C14H24N2OS/c1-10(2)6-12(8-15)7-14(17)16-9-13-11(3)4-5-18-13/h4-5,10,12H,6-9,15H2,1-3H3,(H,16,17). The number of thiophene rings is 1. The van der Waals surface area contributed by atoms with E-state index < -0.39 is 0 Å². The van der Waals surface area contributed by atoms with E-state index in [1.54, 1.807) is 11.3 Å². The maximum Gasteiger partial charge on any atom is 0.220 e. The molecule has 1 rings (SSSR count). The average molecular weight is 268 g/mol. The van der Waals surface area contributed by atoms with Gasteiger partial charge in [0.15, 0.2) is 0 Å². The number of hydrogen-bond acceptors (Lipinski definition) is 3. The zero-order chi connectivity index (χ0) is 13.5. The molecule has 102 valence electrons. The first-order valence-corrected chi connectivity index (χ1v) is 7.40. The van der Waals surface area contributed by atoms with Gasteiger partial charge in [-0.1, -0.05) is 13.8 Å². The molecule has 1 unspecified atom stereocenters. The van der Waals surface area contributed by atoms with Gasteiger partial charge in [0.25, 0.3) is 0 Å². The molecule has 0 radical (unpaired) electrons. The van der Waals surface area contributed by atoms with Gasteiger partial charge in [-0.05, 0) is 48.7 Å². The molecule has 1 aromatic heterocycles. The van der Waals surface area contributed by atoms with Crippen LogP contribution < -0.4 is 11.1 Å².